The highest BCUT2D eigenvalue weighted by atomic mass is 32.2. The summed E-state index contributed by atoms with van der Waals surface area (Å²) < 4.78 is 0. The van der Waals surface area contributed by atoms with Gasteiger partial charge in [0.2, 0.25) is 0 Å². The Balaban J connectivity index is 1.06. The molecule has 0 fully saturated rings. The van der Waals surface area contributed by atoms with E-state index in [1.165, 1.54) is 91.4 Å². The molecule has 0 radical (unpaired) electrons. The second-order valence-corrected chi connectivity index (χ2v) is 10.5. The predicted octanol–water partition coefficient (Wildman–Crippen LogP) is 8.25. The van der Waals surface area contributed by atoms with Crippen LogP contribution in [-0.2, 0) is 13.1 Å². The van der Waals surface area contributed by atoms with Gasteiger partial charge in [0.1, 0.15) is 0 Å². The zero-order chi connectivity index (χ0) is 25.1. The number of thioether (sulfide) groups is 1. The highest BCUT2D eigenvalue weighted by Gasteiger charge is 1.99. The summed E-state index contributed by atoms with van der Waals surface area (Å²) in [5.74, 6) is 0. The first kappa shape index (κ1) is 28.4. The highest BCUT2D eigenvalue weighted by molar-refractivity contribution is 7.98. The quantitative estimate of drug-likeness (QED) is 0.128. The Morgan fingerprint density at radius 3 is 1.42 bits per heavy atom. The molecule has 0 unspecified atom stereocenters. The first-order valence-electron chi connectivity index (χ1n) is 13.9. The third kappa shape index (κ3) is 11.7. The summed E-state index contributed by atoms with van der Waals surface area (Å²) in [7, 11) is 0. The van der Waals surface area contributed by atoms with Gasteiger partial charge >= 0.3 is 0 Å². The van der Waals surface area contributed by atoms with Crippen molar-refractivity contribution in [2.45, 2.75) is 82.2 Å². The van der Waals surface area contributed by atoms with Crippen LogP contribution in [0.5, 0.6) is 0 Å². The summed E-state index contributed by atoms with van der Waals surface area (Å²) in [6.07, 6.45) is 19.5. The van der Waals surface area contributed by atoms with Crippen LogP contribution in [0.4, 0.5) is 0 Å². The molecule has 0 saturated heterocycles. The molecule has 194 valence electrons. The number of nitrogens with zero attached hydrogens (tertiary/aromatic N) is 1. The van der Waals surface area contributed by atoms with Crippen molar-refractivity contribution >= 4 is 11.8 Å². The topological polar surface area (TPSA) is 37.0 Å². The summed E-state index contributed by atoms with van der Waals surface area (Å²) >= 11 is 1.80. The van der Waals surface area contributed by atoms with Crippen LogP contribution in [0.2, 0.25) is 0 Å². The molecule has 2 N–H and O–H groups in total. The normalized spacial score (nSPS) is 11.1. The first-order chi connectivity index (χ1) is 17.8. The van der Waals surface area contributed by atoms with Crippen molar-refractivity contribution < 1.29 is 0 Å². The van der Waals surface area contributed by atoms with Crippen LogP contribution in [-0.4, -0.2) is 24.3 Å². The summed E-state index contributed by atoms with van der Waals surface area (Å²) in [4.78, 5) is 5.43. The van der Waals surface area contributed by atoms with Crippen molar-refractivity contribution in [2.24, 2.45) is 0 Å². The van der Waals surface area contributed by atoms with E-state index in [9.17, 15) is 0 Å². The van der Waals surface area contributed by atoms with E-state index in [1.807, 2.05) is 12.4 Å². The number of rotatable bonds is 19. The molecule has 0 aliphatic carbocycles. The van der Waals surface area contributed by atoms with Gasteiger partial charge in [-0.2, -0.15) is 0 Å². The monoisotopic (exact) mass is 503 g/mol. The Morgan fingerprint density at radius 2 is 0.944 bits per heavy atom. The van der Waals surface area contributed by atoms with E-state index in [0.29, 0.717) is 0 Å². The molecular weight excluding hydrogens is 458 g/mol. The molecule has 3 aromatic rings. The first-order valence-corrected chi connectivity index (χ1v) is 15.1. The average Bonchev–Trinajstić information content (AvgIpc) is 2.94. The van der Waals surface area contributed by atoms with Gasteiger partial charge in [0, 0.05) is 30.4 Å². The molecule has 4 heteroatoms. The van der Waals surface area contributed by atoms with E-state index in [1.54, 1.807) is 11.8 Å². The molecule has 0 spiro atoms. The number of aromatic nitrogens is 1. The maximum Gasteiger partial charge on any atom is 0.0273 e. The number of pyridine rings is 1. The molecule has 0 atom stereocenters. The third-order valence-corrected chi connectivity index (χ3v) is 7.49. The fourth-order valence-corrected chi connectivity index (χ4v) is 4.89. The fourth-order valence-electron chi connectivity index (χ4n) is 4.48. The number of benzene rings is 2. The zero-order valence-electron chi connectivity index (χ0n) is 22.2. The molecule has 0 aliphatic heterocycles. The largest absolute Gasteiger partial charge is 0.313 e. The minimum absolute atomic E-state index is 0.956. The van der Waals surface area contributed by atoms with Gasteiger partial charge in [-0.15, -0.1) is 11.8 Å². The second-order valence-electron chi connectivity index (χ2n) is 9.67. The fraction of sp³-hybridized carbons (Fsp3) is 0.469. The Morgan fingerprint density at radius 1 is 0.528 bits per heavy atom. The van der Waals surface area contributed by atoms with Gasteiger partial charge in [-0.05, 0) is 78.7 Å². The Bertz CT molecular complexity index is 926. The maximum atomic E-state index is 4.09. The van der Waals surface area contributed by atoms with E-state index in [4.69, 9.17) is 0 Å². The molecule has 3 nitrogen and oxygen atoms in total. The summed E-state index contributed by atoms with van der Waals surface area (Å²) in [6.45, 7) is 4.19. The van der Waals surface area contributed by atoms with Crippen LogP contribution in [0.1, 0.15) is 75.3 Å². The molecule has 0 amide bonds. The molecule has 0 aliphatic rings. The maximum absolute atomic E-state index is 4.09. The lowest BCUT2D eigenvalue weighted by molar-refractivity contribution is 0.533. The van der Waals surface area contributed by atoms with E-state index < -0.39 is 0 Å². The average molecular weight is 504 g/mol. The number of hydrogen-bond acceptors (Lipinski definition) is 4. The van der Waals surface area contributed by atoms with Crippen molar-refractivity contribution in [2.75, 3.05) is 19.3 Å². The smallest absolute Gasteiger partial charge is 0.0273 e. The lowest BCUT2D eigenvalue weighted by Gasteiger charge is -2.07. The van der Waals surface area contributed by atoms with E-state index in [0.717, 1.165) is 26.2 Å². The minimum atomic E-state index is 0.956. The molecule has 1 heterocycles. The highest BCUT2D eigenvalue weighted by Crippen LogP contribution is 2.19. The van der Waals surface area contributed by atoms with Gasteiger partial charge in [0.15, 0.2) is 0 Å². The van der Waals surface area contributed by atoms with Crippen LogP contribution in [0.15, 0.2) is 78.0 Å². The van der Waals surface area contributed by atoms with Gasteiger partial charge in [-0.3, -0.25) is 4.98 Å². The van der Waals surface area contributed by atoms with Gasteiger partial charge in [0.25, 0.3) is 0 Å². The summed E-state index contributed by atoms with van der Waals surface area (Å²) in [5, 5.41) is 7.18. The van der Waals surface area contributed by atoms with Crippen molar-refractivity contribution in [3.8, 4) is 11.1 Å². The number of unbranched alkanes of at least 4 members (excludes halogenated alkanes) is 9. The third-order valence-electron chi connectivity index (χ3n) is 6.74. The lowest BCUT2D eigenvalue weighted by atomic mass is 10.1. The zero-order valence-corrected chi connectivity index (χ0v) is 23.0. The van der Waals surface area contributed by atoms with Gasteiger partial charge in [-0.25, -0.2) is 0 Å². The SMILES string of the molecule is CSc1ccc(CNCCCCCCCCCCCCNCc2ccc(-c3ccncc3)cc2)cc1. The number of hydrogen-bond donors (Lipinski definition) is 2. The van der Waals surface area contributed by atoms with Crippen LogP contribution in [0.3, 0.4) is 0 Å². The van der Waals surface area contributed by atoms with Crippen LogP contribution < -0.4 is 10.6 Å². The minimum Gasteiger partial charge on any atom is -0.313 e. The summed E-state index contributed by atoms with van der Waals surface area (Å²) in [6, 6.07) is 21.9. The van der Waals surface area contributed by atoms with Crippen LogP contribution >= 0.6 is 11.8 Å². The van der Waals surface area contributed by atoms with Crippen molar-refractivity contribution in [3.63, 3.8) is 0 Å². The van der Waals surface area contributed by atoms with E-state index in [-0.39, 0.29) is 0 Å². The van der Waals surface area contributed by atoms with Crippen molar-refractivity contribution in [3.05, 3.63) is 84.2 Å². The molecule has 36 heavy (non-hydrogen) atoms. The van der Waals surface area contributed by atoms with Crippen molar-refractivity contribution in [1.82, 2.24) is 15.6 Å². The standard InChI is InChI=1S/C32H45N3S/c1-36-32-18-14-29(15-19-32)27-35-23-11-9-7-5-3-2-4-6-8-10-22-34-26-28-12-16-30(17-13-28)31-20-24-33-25-21-31/h12-21,24-25,34-35H,2-11,22-23,26-27H2,1H3. The second kappa shape index (κ2) is 18.2. The van der Waals surface area contributed by atoms with Crippen LogP contribution in [0, 0.1) is 0 Å². The Labute approximate surface area is 223 Å². The van der Waals surface area contributed by atoms with Gasteiger partial charge < -0.3 is 10.6 Å². The Hall–Kier alpha value is -2.14. The number of nitrogens with one attached hydrogen (secondary N) is 2. The van der Waals surface area contributed by atoms with E-state index in [2.05, 4.69) is 82.5 Å². The summed E-state index contributed by atoms with van der Waals surface area (Å²) in [5.41, 5.74) is 5.21. The predicted molar refractivity (Wildman–Crippen MR) is 157 cm³/mol. The molecule has 3 rings (SSSR count). The molecular formula is C32H45N3S. The molecule has 1 aromatic heterocycles. The van der Waals surface area contributed by atoms with E-state index >= 15 is 0 Å². The molecule has 2 aromatic carbocycles. The lowest BCUT2D eigenvalue weighted by Crippen LogP contribution is -2.14. The van der Waals surface area contributed by atoms with Gasteiger partial charge in [-0.1, -0.05) is 87.8 Å². The van der Waals surface area contributed by atoms with Gasteiger partial charge in [0.05, 0.1) is 0 Å². The van der Waals surface area contributed by atoms with Crippen molar-refractivity contribution in [1.29, 1.82) is 0 Å². The molecule has 0 saturated carbocycles. The molecule has 0 bridgehead atoms. The Kier molecular flexibility index (Phi) is 14.3. The van der Waals surface area contributed by atoms with Crippen LogP contribution in [0.25, 0.3) is 11.1 Å².